The van der Waals surface area contributed by atoms with E-state index in [1.807, 2.05) is 42.5 Å². The van der Waals surface area contributed by atoms with Crippen molar-refractivity contribution in [2.24, 2.45) is 22.6 Å². The molecule has 0 saturated heterocycles. The topological polar surface area (TPSA) is 97.0 Å². The molecule has 2 aromatic carbocycles. The maximum Gasteiger partial charge on any atom is 0.257 e. The highest BCUT2D eigenvalue weighted by atomic mass is 16.5. The van der Waals surface area contributed by atoms with Crippen LogP contribution in [-0.4, -0.2) is 42.4 Å². The van der Waals surface area contributed by atoms with Crippen LogP contribution in [-0.2, 0) is 16.0 Å². The molecule has 2 aromatic rings. The molecule has 0 bridgehead atoms. The summed E-state index contributed by atoms with van der Waals surface area (Å²) in [6.45, 7) is 0. The van der Waals surface area contributed by atoms with E-state index in [1.165, 1.54) is 10.5 Å². The normalized spacial score (nSPS) is 24.2. The van der Waals surface area contributed by atoms with Crippen molar-refractivity contribution in [3.8, 4) is 5.75 Å². The van der Waals surface area contributed by atoms with Crippen LogP contribution < -0.4 is 15.8 Å². The molecule has 35 heavy (non-hydrogen) atoms. The summed E-state index contributed by atoms with van der Waals surface area (Å²) in [7, 11) is 3.32. The van der Waals surface area contributed by atoms with Crippen LogP contribution in [0.5, 0.6) is 5.75 Å². The summed E-state index contributed by atoms with van der Waals surface area (Å²) < 4.78 is 5.24. The van der Waals surface area contributed by atoms with E-state index in [0.29, 0.717) is 42.8 Å². The summed E-state index contributed by atoms with van der Waals surface area (Å²) in [5.41, 5.74) is 7.22. The summed E-state index contributed by atoms with van der Waals surface area (Å²) in [5.74, 6) is 1.65. The van der Waals surface area contributed by atoms with E-state index in [4.69, 9.17) is 15.5 Å². The number of methoxy groups -OCH3 is 1. The average molecular weight is 477 g/mol. The number of aryl methyl sites for hydroxylation is 1. The maximum absolute atomic E-state index is 13.3. The Morgan fingerprint density at radius 3 is 2.66 bits per heavy atom. The second-order valence-corrected chi connectivity index (χ2v) is 9.94. The molecule has 0 radical (unpaired) electrons. The number of rotatable bonds is 9. The Labute approximate surface area is 207 Å². The first-order valence-electron chi connectivity index (χ1n) is 12.5. The zero-order valence-electron chi connectivity index (χ0n) is 20.7. The maximum atomic E-state index is 13.3. The molecule has 1 fully saturated rings. The number of carbonyl (C=O) groups excluding carboxylic acids is 2. The van der Waals surface area contributed by atoms with Crippen molar-refractivity contribution in [3.05, 3.63) is 60.2 Å². The fourth-order valence-corrected chi connectivity index (χ4v) is 5.58. The minimum atomic E-state index is -0.815. The fourth-order valence-electron chi connectivity index (χ4n) is 5.58. The average Bonchev–Trinajstić information content (AvgIpc) is 3.07. The van der Waals surface area contributed by atoms with E-state index in [9.17, 15) is 9.59 Å². The molecule has 0 unspecified atom stereocenters. The second-order valence-electron chi connectivity index (χ2n) is 9.94. The van der Waals surface area contributed by atoms with Crippen LogP contribution in [0.2, 0.25) is 0 Å². The number of nitrogens with zero attached hydrogens (tertiary/aromatic N) is 2. The van der Waals surface area contributed by atoms with Crippen molar-refractivity contribution >= 4 is 23.5 Å². The van der Waals surface area contributed by atoms with Gasteiger partial charge in [-0.2, -0.15) is 0 Å². The van der Waals surface area contributed by atoms with E-state index in [-0.39, 0.29) is 11.8 Å². The number of aliphatic imine (C=N–C) groups is 1. The molecule has 7 nitrogen and oxygen atoms in total. The fraction of sp³-hybridized carbons (Fsp3) is 0.464. The van der Waals surface area contributed by atoms with Gasteiger partial charge >= 0.3 is 0 Å². The summed E-state index contributed by atoms with van der Waals surface area (Å²) in [6.07, 6.45) is 6.62. The van der Waals surface area contributed by atoms with E-state index >= 15 is 0 Å². The number of carbonyl (C=O) groups is 2. The molecule has 186 valence electrons. The largest absolute Gasteiger partial charge is 0.497 e. The minimum absolute atomic E-state index is 0.0103. The summed E-state index contributed by atoms with van der Waals surface area (Å²) in [4.78, 5) is 32.3. The Kier molecular flexibility index (Phi) is 7.73. The Hall–Kier alpha value is -3.35. The predicted octanol–water partition coefficient (Wildman–Crippen LogP) is 4.38. The molecule has 1 saturated carbocycles. The number of guanidine groups is 1. The van der Waals surface area contributed by atoms with Gasteiger partial charge in [0.05, 0.1) is 7.11 Å². The molecule has 2 amide bonds. The molecule has 0 spiro atoms. The first kappa shape index (κ1) is 24.8. The van der Waals surface area contributed by atoms with E-state index in [2.05, 4.69) is 17.4 Å². The van der Waals surface area contributed by atoms with Crippen molar-refractivity contribution in [3.63, 3.8) is 0 Å². The molecule has 3 N–H and O–H groups in total. The van der Waals surface area contributed by atoms with Crippen molar-refractivity contribution in [2.45, 2.75) is 56.9 Å². The third kappa shape index (κ3) is 6.02. The van der Waals surface area contributed by atoms with Gasteiger partial charge in [0, 0.05) is 25.2 Å². The smallest absolute Gasteiger partial charge is 0.257 e. The monoisotopic (exact) mass is 476 g/mol. The number of ether oxygens (including phenoxy) is 1. The van der Waals surface area contributed by atoms with Crippen LogP contribution in [0, 0.1) is 11.8 Å². The lowest BCUT2D eigenvalue weighted by Crippen LogP contribution is -2.44. The Bertz CT molecular complexity index is 1070. The quantitative estimate of drug-likeness (QED) is 0.561. The molecule has 0 aromatic heterocycles. The number of anilines is 1. The van der Waals surface area contributed by atoms with Crippen LogP contribution in [0.3, 0.4) is 0 Å². The highest BCUT2D eigenvalue weighted by molar-refractivity contribution is 6.06. The van der Waals surface area contributed by atoms with Crippen molar-refractivity contribution in [2.75, 3.05) is 19.5 Å². The zero-order chi connectivity index (χ0) is 24.8. The molecule has 1 heterocycles. The van der Waals surface area contributed by atoms with Crippen molar-refractivity contribution < 1.29 is 14.3 Å². The van der Waals surface area contributed by atoms with E-state index in [0.717, 1.165) is 37.8 Å². The van der Waals surface area contributed by atoms with Gasteiger partial charge in [0.2, 0.25) is 5.91 Å². The van der Waals surface area contributed by atoms with Gasteiger partial charge < -0.3 is 15.8 Å². The molecule has 7 heteroatoms. The SMILES string of the molecule is COc1cccc(NC(=O)C[C@@H]2CCC[C@H](C[C@@]3(CCc4ccccc4)N=C(N)N(C)C3=O)C2)c1. The standard InChI is InChI=1S/C28H36N4O3/c1-32-26(34)28(31-27(32)29,15-14-20-8-4-3-5-9-20)19-22-11-6-10-21(16-22)17-25(33)30-23-12-7-13-24(18-23)35-2/h3-5,7-9,12-13,18,21-22H,6,10-11,14-17,19H2,1-2H3,(H2,29,31)(H,30,33)/t21-,22+,28-/m1/s1. The Morgan fingerprint density at radius 2 is 1.94 bits per heavy atom. The lowest BCUT2D eigenvalue weighted by Gasteiger charge is -2.34. The first-order chi connectivity index (χ1) is 16.9. The van der Waals surface area contributed by atoms with Crippen LogP contribution in [0.25, 0.3) is 0 Å². The molecule has 1 aliphatic carbocycles. The number of nitrogens with two attached hydrogens (primary N) is 1. The van der Waals surface area contributed by atoms with Gasteiger partial charge in [-0.25, -0.2) is 4.99 Å². The molecule has 4 rings (SSSR count). The summed E-state index contributed by atoms with van der Waals surface area (Å²) in [5, 5.41) is 3.00. The van der Waals surface area contributed by atoms with Gasteiger partial charge in [-0.15, -0.1) is 0 Å². The first-order valence-corrected chi connectivity index (χ1v) is 12.5. The molecule has 2 aliphatic rings. The highest BCUT2D eigenvalue weighted by Crippen LogP contribution is 2.40. The Morgan fingerprint density at radius 1 is 1.17 bits per heavy atom. The second kappa shape index (κ2) is 10.9. The number of hydrogen-bond acceptors (Lipinski definition) is 5. The molecule has 1 aliphatic heterocycles. The van der Waals surface area contributed by atoms with Gasteiger partial charge in [0.25, 0.3) is 5.91 Å². The van der Waals surface area contributed by atoms with Gasteiger partial charge in [0.1, 0.15) is 11.3 Å². The lowest BCUT2D eigenvalue weighted by atomic mass is 9.73. The summed E-state index contributed by atoms with van der Waals surface area (Å²) >= 11 is 0. The number of benzene rings is 2. The predicted molar refractivity (Wildman–Crippen MR) is 138 cm³/mol. The zero-order valence-corrected chi connectivity index (χ0v) is 20.7. The van der Waals surface area contributed by atoms with Gasteiger partial charge in [-0.1, -0.05) is 49.2 Å². The number of hydrogen-bond donors (Lipinski definition) is 2. The van der Waals surface area contributed by atoms with Crippen LogP contribution >= 0.6 is 0 Å². The van der Waals surface area contributed by atoms with Crippen molar-refractivity contribution in [1.29, 1.82) is 0 Å². The Balaban J connectivity index is 1.39. The number of amides is 2. The molecule has 3 atom stereocenters. The number of likely N-dealkylation sites (N-methyl/N-ethyl adjacent to an activating group) is 1. The van der Waals surface area contributed by atoms with Crippen LogP contribution in [0.15, 0.2) is 59.6 Å². The van der Waals surface area contributed by atoms with Gasteiger partial charge in [0.15, 0.2) is 5.96 Å². The molecular formula is C28H36N4O3. The van der Waals surface area contributed by atoms with Crippen LogP contribution in [0.4, 0.5) is 5.69 Å². The number of nitrogens with one attached hydrogen (secondary N) is 1. The summed E-state index contributed by atoms with van der Waals surface area (Å²) in [6, 6.07) is 17.6. The van der Waals surface area contributed by atoms with Crippen molar-refractivity contribution in [1.82, 2.24) is 4.90 Å². The van der Waals surface area contributed by atoms with Gasteiger partial charge in [-0.05, 0) is 61.6 Å². The highest BCUT2D eigenvalue weighted by Gasteiger charge is 2.47. The van der Waals surface area contributed by atoms with Crippen LogP contribution in [0.1, 0.15) is 50.5 Å². The third-order valence-corrected chi connectivity index (χ3v) is 7.39. The van der Waals surface area contributed by atoms with E-state index in [1.54, 1.807) is 14.2 Å². The van der Waals surface area contributed by atoms with E-state index < -0.39 is 5.54 Å². The minimum Gasteiger partial charge on any atom is -0.497 e. The van der Waals surface area contributed by atoms with Gasteiger partial charge in [-0.3, -0.25) is 14.5 Å². The third-order valence-electron chi connectivity index (χ3n) is 7.39. The molecular weight excluding hydrogens is 440 g/mol. The lowest BCUT2D eigenvalue weighted by molar-refractivity contribution is -0.131.